The zero-order valence-corrected chi connectivity index (χ0v) is 76.7. The molecule has 0 saturated heterocycles. The molecule has 38 nitrogen and oxygen atoms in total. The summed E-state index contributed by atoms with van der Waals surface area (Å²) in [7, 11) is 0. The molecule has 0 unspecified atom stereocenters. The van der Waals surface area contributed by atoms with Gasteiger partial charge in [0.15, 0.2) is 0 Å². The van der Waals surface area contributed by atoms with Crippen LogP contribution in [0.2, 0.25) is 0 Å². The number of carbonyl (C=O) groups is 16. The Kier molecular flexibility index (Phi) is 55.2. The zero-order chi connectivity index (χ0) is 94.0. The molecule has 0 bridgehead atoms. The Bertz CT molecular complexity index is 3400. The van der Waals surface area contributed by atoms with Crippen molar-refractivity contribution in [3.05, 3.63) is 12.2 Å². The number of carbonyl (C=O) groups excluding carboxylic acids is 16. The monoisotopic (exact) mass is 1760 g/mol. The largest absolute Gasteiger partial charge is 0.370 e. The highest BCUT2D eigenvalue weighted by atomic mass is 16.2. The smallest absolute Gasteiger partial charge is 0.246 e. The van der Waals surface area contributed by atoms with E-state index in [0.29, 0.717) is 122 Å². The van der Waals surface area contributed by atoms with E-state index in [4.69, 9.17) is 45.9 Å². The number of nitrogens with two attached hydrogens (primary N) is 8. The van der Waals surface area contributed by atoms with Crippen molar-refractivity contribution < 1.29 is 76.7 Å². The third-order valence-corrected chi connectivity index (χ3v) is 22.6. The molecule has 1 aliphatic heterocycles. The Labute approximate surface area is 735 Å². The molecule has 1 aliphatic rings. The predicted molar refractivity (Wildman–Crippen MR) is 476 cm³/mol. The summed E-state index contributed by atoms with van der Waals surface area (Å²) in [5.74, 6) is -15.6. The Morgan fingerprint density at radius 2 is 0.919 bits per heavy atom. The Hall–Kier alpha value is -8.98. The summed E-state index contributed by atoms with van der Waals surface area (Å²) >= 11 is 0. The first-order valence-corrected chi connectivity index (χ1v) is 45.2. The van der Waals surface area contributed by atoms with E-state index in [0.717, 1.165) is 0 Å². The number of rotatable bonds is 46. The molecule has 16 amide bonds. The van der Waals surface area contributed by atoms with Crippen molar-refractivity contribution >= 4 is 94.5 Å². The summed E-state index contributed by atoms with van der Waals surface area (Å²) in [5, 5.41) is 38.7. The summed E-state index contributed by atoms with van der Waals surface area (Å²) in [4.78, 5) is 229. The standard InChI is InChI=1S/C86H160N22O16/c1-15-55(11)69-81(121)101-62(48-51(3)4)72(112)95-50-65(110)96-61(40-28-35-47-91)76(116)107-86(14,84(124)106-70(56(12)16-2)82(122)99-59(38-26-33-45-89)74(114)103-68(54(9)10)80(120)104-67(53(7)8)79(119)97-57(71(94)111)36-24-31-43-87)42-30-23-21-19-17-18-20-22-29-41-85(13,108-77(117)63(49-64(92)109)100-78(118)66(93)52(5)6)83(123)102-60(39-27-34-46-90)73(113)98-58(75(115)105-69)37-25-32-44-88/h19,21,51-63,66-70H,15-18,20,22-50,87-91,93H2,1-14H3,(H2,92,109)(H2,94,111)(H,95,112)(H,96,110)(H,97,119)(H,98,113)(H,99,122)(H,100,118)(H,101,121)(H,102,123)(H,103,114)(H,104,120)(H,105,115)(H,106,124)(H,107,116)(H,108,117)/b21-19-/t55-,56-,57-,58-,59-,60-,61-,62-,63-,66-,67-,68-,69-,70-,85+,86-/m0/s1. The molecule has 0 radical (unpaired) electrons. The van der Waals surface area contributed by atoms with Crippen LogP contribution in [0.25, 0.3) is 0 Å². The van der Waals surface area contributed by atoms with Crippen molar-refractivity contribution in [1.82, 2.24) is 74.4 Å². The molecule has 0 aromatic heterocycles. The van der Waals surface area contributed by atoms with E-state index in [1.54, 1.807) is 83.1 Å². The van der Waals surface area contributed by atoms with Crippen LogP contribution in [-0.2, 0) is 76.7 Å². The van der Waals surface area contributed by atoms with Gasteiger partial charge in [0.1, 0.15) is 77.5 Å². The number of amides is 16. The number of hydrogen-bond donors (Lipinski definition) is 22. The summed E-state index contributed by atoms with van der Waals surface area (Å²) < 4.78 is 0. The van der Waals surface area contributed by atoms with Crippen LogP contribution in [0.1, 0.15) is 277 Å². The number of unbranched alkanes of at least 4 members (excludes halogenated alkanes) is 5. The first-order valence-electron chi connectivity index (χ1n) is 45.2. The number of nitrogens with one attached hydrogen (secondary N) is 14. The first-order chi connectivity index (χ1) is 58.5. The summed E-state index contributed by atoms with van der Waals surface area (Å²) in [5.41, 5.74) is 43.1. The Morgan fingerprint density at radius 1 is 0.452 bits per heavy atom. The van der Waals surface area contributed by atoms with Crippen molar-refractivity contribution in [3.63, 3.8) is 0 Å². The number of primary amides is 2. The average Bonchev–Trinajstić information content (AvgIpc) is 0.829. The van der Waals surface area contributed by atoms with Gasteiger partial charge in [-0.25, -0.2) is 0 Å². The van der Waals surface area contributed by atoms with Gasteiger partial charge >= 0.3 is 0 Å². The van der Waals surface area contributed by atoms with E-state index >= 15 is 19.2 Å². The molecule has 0 aliphatic carbocycles. The molecule has 0 fully saturated rings. The van der Waals surface area contributed by atoms with Gasteiger partial charge in [-0.2, -0.15) is 0 Å². The van der Waals surface area contributed by atoms with Crippen LogP contribution in [0.4, 0.5) is 0 Å². The molecule has 0 saturated carbocycles. The third-order valence-electron chi connectivity index (χ3n) is 22.6. The lowest BCUT2D eigenvalue weighted by molar-refractivity contribution is -0.139. The second-order valence-corrected chi connectivity index (χ2v) is 35.2. The third kappa shape index (κ3) is 42.3. The number of allylic oxidation sites excluding steroid dienone is 2. The molecule has 1 rings (SSSR count). The molecule has 38 heteroatoms. The lowest BCUT2D eigenvalue weighted by atomic mass is 9.90. The van der Waals surface area contributed by atoms with Gasteiger partial charge in [0.2, 0.25) is 94.5 Å². The maximum Gasteiger partial charge on any atom is 0.246 e. The summed E-state index contributed by atoms with van der Waals surface area (Å²) in [6.07, 6.45) is 11.5. The Morgan fingerprint density at radius 3 is 1.43 bits per heavy atom. The average molecular weight is 1760 g/mol. The van der Waals surface area contributed by atoms with Gasteiger partial charge in [-0.3, -0.25) is 76.7 Å². The quantitative estimate of drug-likeness (QED) is 0.0275. The van der Waals surface area contributed by atoms with E-state index in [9.17, 15) is 57.5 Å². The van der Waals surface area contributed by atoms with Gasteiger partial charge in [-0.1, -0.05) is 127 Å². The molecular weight excluding hydrogens is 1600 g/mol. The van der Waals surface area contributed by atoms with Crippen molar-refractivity contribution in [1.29, 1.82) is 0 Å². The van der Waals surface area contributed by atoms with Crippen LogP contribution in [0.15, 0.2) is 12.2 Å². The van der Waals surface area contributed by atoms with Crippen molar-refractivity contribution in [2.75, 3.05) is 39.3 Å². The van der Waals surface area contributed by atoms with Crippen LogP contribution < -0.4 is 120 Å². The van der Waals surface area contributed by atoms with Crippen molar-refractivity contribution in [3.8, 4) is 0 Å². The molecule has 0 aromatic rings. The minimum absolute atomic E-state index is 0.00981. The van der Waals surface area contributed by atoms with E-state index in [1.165, 1.54) is 13.8 Å². The van der Waals surface area contributed by atoms with E-state index in [-0.39, 0.29) is 95.8 Å². The van der Waals surface area contributed by atoms with E-state index in [2.05, 4.69) is 74.4 Å². The highest BCUT2D eigenvalue weighted by Gasteiger charge is 2.44. The van der Waals surface area contributed by atoms with Gasteiger partial charge in [-0.05, 0) is 223 Å². The first kappa shape index (κ1) is 113. The maximum atomic E-state index is 15.4. The molecule has 0 spiro atoms. The highest BCUT2D eigenvalue weighted by molar-refractivity contribution is 6.02. The summed E-state index contributed by atoms with van der Waals surface area (Å²) in [6.45, 7) is 24.2. The zero-order valence-electron chi connectivity index (χ0n) is 76.7. The second kappa shape index (κ2) is 60.6. The SMILES string of the molecule is CC[C@H](C)[C@@H]1NC(=O)[C@H](CCCCN)NC(=O)[C@H](CCCCN)NC(=O)[C@](C)(NC(=O)[C@H](CC(N)=O)NC(=O)[C@@H](N)C(C)C)CCCCCC/C=C\CCC[C@@](C)(C(=O)N[C@H](C(=O)N[C@@H](CCCCN)C(=O)N[C@H](C(=O)N[C@H](C(=O)N[C@@H](CCCCN)C(N)=O)C(C)C)C(C)C)[C@@H](C)CC)NC(=O)[C@H](CCCCN)NC(=O)CNC(=O)[C@H](CC(C)C)NC1=O. The van der Waals surface area contributed by atoms with Gasteiger partial charge < -0.3 is 120 Å². The summed E-state index contributed by atoms with van der Waals surface area (Å²) in [6, 6.07) is -15.4. The predicted octanol–water partition coefficient (Wildman–Crippen LogP) is -0.295. The van der Waals surface area contributed by atoms with Gasteiger partial charge in [0.05, 0.1) is 19.0 Å². The molecule has 0 aromatic carbocycles. The molecule has 16 atom stereocenters. The molecule has 710 valence electrons. The van der Waals surface area contributed by atoms with Crippen molar-refractivity contribution in [2.24, 2.45) is 81.4 Å². The molecule has 1 heterocycles. The minimum atomic E-state index is -1.84. The fourth-order valence-corrected chi connectivity index (χ4v) is 14.0. The lowest BCUT2D eigenvalue weighted by Crippen LogP contribution is -2.65. The van der Waals surface area contributed by atoms with Gasteiger partial charge in [-0.15, -0.1) is 0 Å². The van der Waals surface area contributed by atoms with Crippen molar-refractivity contribution in [2.45, 2.75) is 360 Å². The van der Waals surface area contributed by atoms with Crippen LogP contribution in [0, 0.1) is 35.5 Å². The molecular formula is C86H160N22O16. The van der Waals surface area contributed by atoms with E-state index < -0.39 is 215 Å². The number of hydrogen-bond acceptors (Lipinski definition) is 22. The fraction of sp³-hybridized carbons (Fsp3) is 0.791. The van der Waals surface area contributed by atoms with Crippen LogP contribution in [0.3, 0.4) is 0 Å². The van der Waals surface area contributed by atoms with Crippen LogP contribution in [-0.4, -0.2) is 217 Å². The van der Waals surface area contributed by atoms with Gasteiger partial charge in [0, 0.05) is 0 Å². The topological polar surface area (TPSA) is 650 Å². The maximum absolute atomic E-state index is 15.4. The minimum Gasteiger partial charge on any atom is -0.370 e. The van der Waals surface area contributed by atoms with E-state index in [1.807, 2.05) is 12.2 Å². The highest BCUT2D eigenvalue weighted by Crippen LogP contribution is 2.24. The molecule has 124 heavy (non-hydrogen) atoms. The Balaban J connectivity index is 4.25. The molecule has 30 N–H and O–H groups in total. The second-order valence-electron chi connectivity index (χ2n) is 35.2. The normalized spacial score (nSPS) is 22.5. The van der Waals surface area contributed by atoms with Crippen LogP contribution in [0.5, 0.6) is 0 Å². The van der Waals surface area contributed by atoms with Gasteiger partial charge in [0.25, 0.3) is 0 Å². The lowest BCUT2D eigenvalue weighted by Gasteiger charge is -2.35. The van der Waals surface area contributed by atoms with Crippen LogP contribution >= 0.6 is 0 Å². The fourth-order valence-electron chi connectivity index (χ4n) is 14.0.